The van der Waals surface area contributed by atoms with E-state index in [1.807, 2.05) is 39.8 Å². The molecule has 2 N–H and O–H groups in total. The maximum absolute atomic E-state index is 13.7. The summed E-state index contributed by atoms with van der Waals surface area (Å²) in [5.74, 6) is 0.254. The van der Waals surface area contributed by atoms with Crippen molar-refractivity contribution >= 4 is 43.9 Å². The third-order valence-electron chi connectivity index (χ3n) is 5.29. The van der Waals surface area contributed by atoms with E-state index in [-0.39, 0.29) is 39.2 Å². The number of methoxy groups -OCH3 is 1. The Balaban J connectivity index is 2.18. The normalized spacial score (nSPS) is 14.4. The summed E-state index contributed by atoms with van der Waals surface area (Å²) < 4.78 is 17.9. The number of allylic oxidation sites excluding steroid dienone is 2. The second-order valence-corrected chi connectivity index (χ2v) is 9.14. The van der Waals surface area contributed by atoms with Crippen molar-refractivity contribution in [1.82, 2.24) is 0 Å². The van der Waals surface area contributed by atoms with Crippen molar-refractivity contribution in [2.24, 2.45) is 0 Å². The van der Waals surface area contributed by atoms with Crippen molar-refractivity contribution in [3.05, 3.63) is 49.6 Å². The van der Waals surface area contributed by atoms with Crippen molar-refractivity contribution in [2.75, 3.05) is 7.11 Å². The van der Waals surface area contributed by atoms with Crippen LogP contribution >= 0.6 is 15.9 Å². The standard InChI is InChI=1S/C24H23BrO6/c1-11(2)6-7-12-16-15(10-14(26)21(12)29-5)30-23-17(20(16)28)19(27)13-8-9-24(3,4)31-22(13)18(23)25/h6,8-10,26-27H,7H2,1-5H3. The summed E-state index contributed by atoms with van der Waals surface area (Å²) in [5, 5.41) is 21.8. The van der Waals surface area contributed by atoms with Crippen LogP contribution in [0.25, 0.3) is 28.0 Å². The average molecular weight is 487 g/mol. The number of benzene rings is 2. The van der Waals surface area contributed by atoms with Gasteiger partial charge in [-0.15, -0.1) is 0 Å². The van der Waals surface area contributed by atoms with Crippen molar-refractivity contribution in [3.8, 4) is 23.0 Å². The highest BCUT2D eigenvalue weighted by Crippen LogP contribution is 2.48. The molecule has 1 aliphatic rings. The Morgan fingerprint density at radius 2 is 1.97 bits per heavy atom. The summed E-state index contributed by atoms with van der Waals surface area (Å²) in [7, 11) is 1.43. The van der Waals surface area contributed by atoms with Gasteiger partial charge in [-0.2, -0.15) is 0 Å². The fraction of sp³-hybridized carbons (Fsp3) is 0.292. The first-order chi connectivity index (χ1) is 14.6. The fourth-order valence-corrected chi connectivity index (χ4v) is 4.37. The molecule has 0 atom stereocenters. The molecule has 0 bridgehead atoms. The van der Waals surface area contributed by atoms with Gasteiger partial charge in [-0.3, -0.25) is 4.79 Å². The fourth-order valence-electron chi connectivity index (χ4n) is 3.79. The number of hydrogen-bond donors (Lipinski definition) is 2. The molecule has 162 valence electrons. The van der Waals surface area contributed by atoms with Gasteiger partial charge in [0.05, 0.1) is 18.1 Å². The van der Waals surface area contributed by atoms with E-state index in [0.717, 1.165) is 5.57 Å². The topological polar surface area (TPSA) is 89.1 Å². The van der Waals surface area contributed by atoms with Crippen LogP contribution in [0.4, 0.5) is 0 Å². The molecule has 31 heavy (non-hydrogen) atoms. The summed E-state index contributed by atoms with van der Waals surface area (Å²) in [6, 6.07) is 1.36. The first kappa shape index (κ1) is 21.3. The molecule has 2 heterocycles. The van der Waals surface area contributed by atoms with Gasteiger partial charge in [-0.1, -0.05) is 11.6 Å². The van der Waals surface area contributed by atoms with Crippen LogP contribution < -0.4 is 14.9 Å². The lowest BCUT2D eigenvalue weighted by Crippen LogP contribution is -2.28. The number of phenolic OH excluding ortho intramolecular Hbond substituents is 2. The smallest absolute Gasteiger partial charge is 0.204 e. The van der Waals surface area contributed by atoms with Crippen LogP contribution in [-0.2, 0) is 6.42 Å². The molecule has 0 saturated carbocycles. The zero-order valence-electron chi connectivity index (χ0n) is 17.9. The Morgan fingerprint density at radius 1 is 1.26 bits per heavy atom. The molecule has 2 aromatic carbocycles. The highest BCUT2D eigenvalue weighted by Gasteiger charge is 2.31. The third kappa shape index (κ3) is 3.37. The van der Waals surface area contributed by atoms with Gasteiger partial charge >= 0.3 is 0 Å². The number of phenols is 2. The van der Waals surface area contributed by atoms with Crippen LogP contribution in [0.5, 0.6) is 23.0 Å². The Morgan fingerprint density at radius 3 is 2.61 bits per heavy atom. The zero-order valence-corrected chi connectivity index (χ0v) is 19.5. The molecule has 1 aromatic heterocycles. The predicted octanol–water partition coefficient (Wildman–Crippen LogP) is 5.82. The number of aromatic hydroxyl groups is 2. The maximum atomic E-state index is 13.7. The Bertz CT molecular complexity index is 1360. The molecule has 0 radical (unpaired) electrons. The molecular weight excluding hydrogens is 464 g/mol. The number of ether oxygens (including phenoxy) is 2. The van der Waals surface area contributed by atoms with Crippen LogP contribution in [0, 0.1) is 0 Å². The highest BCUT2D eigenvalue weighted by molar-refractivity contribution is 9.10. The molecule has 0 fully saturated rings. The summed E-state index contributed by atoms with van der Waals surface area (Å²) >= 11 is 3.49. The van der Waals surface area contributed by atoms with Gasteiger partial charge in [0.2, 0.25) is 5.43 Å². The molecule has 0 unspecified atom stereocenters. The van der Waals surface area contributed by atoms with Crippen LogP contribution in [0.3, 0.4) is 0 Å². The Labute approximate surface area is 187 Å². The molecule has 4 rings (SSSR count). The Hall–Kier alpha value is -2.93. The van der Waals surface area contributed by atoms with Gasteiger partial charge in [-0.25, -0.2) is 0 Å². The quantitative estimate of drug-likeness (QED) is 0.358. The lowest BCUT2D eigenvalue weighted by atomic mass is 9.97. The highest BCUT2D eigenvalue weighted by atomic mass is 79.9. The lowest BCUT2D eigenvalue weighted by Gasteiger charge is -2.29. The van der Waals surface area contributed by atoms with Gasteiger partial charge in [0.25, 0.3) is 0 Å². The van der Waals surface area contributed by atoms with Crippen LogP contribution in [0.1, 0.15) is 38.8 Å². The predicted molar refractivity (Wildman–Crippen MR) is 124 cm³/mol. The Kier molecular flexibility index (Phi) is 5.04. The van der Waals surface area contributed by atoms with Crippen molar-refractivity contribution < 1.29 is 24.1 Å². The molecule has 0 saturated heterocycles. The van der Waals surface area contributed by atoms with E-state index in [4.69, 9.17) is 13.9 Å². The molecule has 1 aliphatic heterocycles. The minimum absolute atomic E-state index is 0.0391. The van der Waals surface area contributed by atoms with Crippen LogP contribution in [0.2, 0.25) is 0 Å². The summed E-state index contributed by atoms with van der Waals surface area (Å²) in [6.07, 6.45) is 5.85. The van der Waals surface area contributed by atoms with Crippen molar-refractivity contribution in [3.63, 3.8) is 0 Å². The van der Waals surface area contributed by atoms with Crippen molar-refractivity contribution in [2.45, 2.75) is 39.7 Å². The van der Waals surface area contributed by atoms with Gasteiger partial charge in [-0.05, 0) is 62.2 Å². The first-order valence-corrected chi connectivity index (χ1v) is 10.6. The number of hydrogen-bond acceptors (Lipinski definition) is 6. The molecule has 6 nitrogen and oxygen atoms in total. The van der Waals surface area contributed by atoms with E-state index in [0.29, 0.717) is 27.8 Å². The minimum atomic E-state index is -0.587. The van der Waals surface area contributed by atoms with Gasteiger partial charge in [0.1, 0.15) is 32.5 Å². The van der Waals surface area contributed by atoms with E-state index < -0.39 is 11.0 Å². The molecule has 0 aliphatic carbocycles. The maximum Gasteiger partial charge on any atom is 0.204 e. The minimum Gasteiger partial charge on any atom is -0.506 e. The summed E-state index contributed by atoms with van der Waals surface area (Å²) in [4.78, 5) is 13.7. The van der Waals surface area contributed by atoms with Gasteiger partial charge in [0.15, 0.2) is 17.1 Å². The second kappa shape index (κ2) is 7.34. The second-order valence-electron chi connectivity index (χ2n) is 8.35. The SMILES string of the molecule is COc1c(O)cc2oc3c(Br)c4c(c(O)c3c(=O)c2c1CC=C(C)C)C=CC(C)(C)O4. The number of rotatable bonds is 3. The monoisotopic (exact) mass is 486 g/mol. The number of fused-ring (bicyclic) bond motifs is 3. The van der Waals surface area contributed by atoms with Crippen LogP contribution in [0.15, 0.2) is 37.5 Å². The van der Waals surface area contributed by atoms with E-state index >= 15 is 0 Å². The van der Waals surface area contributed by atoms with E-state index in [2.05, 4.69) is 15.9 Å². The largest absolute Gasteiger partial charge is 0.506 e. The van der Waals surface area contributed by atoms with E-state index in [1.54, 1.807) is 6.08 Å². The van der Waals surface area contributed by atoms with Gasteiger partial charge in [0, 0.05) is 11.6 Å². The molecule has 3 aromatic rings. The lowest BCUT2D eigenvalue weighted by molar-refractivity contribution is 0.157. The van der Waals surface area contributed by atoms with Gasteiger partial charge < -0.3 is 24.1 Å². The average Bonchev–Trinajstić information content (AvgIpc) is 2.68. The molecule has 0 amide bonds. The number of halogens is 1. The first-order valence-electron chi connectivity index (χ1n) is 9.81. The van der Waals surface area contributed by atoms with Crippen molar-refractivity contribution in [1.29, 1.82) is 0 Å². The summed E-state index contributed by atoms with van der Waals surface area (Å²) in [6.45, 7) is 7.66. The van der Waals surface area contributed by atoms with Crippen LogP contribution in [-0.4, -0.2) is 22.9 Å². The van der Waals surface area contributed by atoms with E-state index in [9.17, 15) is 15.0 Å². The summed E-state index contributed by atoms with van der Waals surface area (Å²) in [5.41, 5.74) is 1.29. The molecular formula is C24H23BrO6. The molecule has 7 heteroatoms. The van der Waals surface area contributed by atoms with E-state index in [1.165, 1.54) is 13.2 Å². The zero-order chi connectivity index (χ0) is 22.7. The molecule has 0 spiro atoms. The third-order valence-corrected chi connectivity index (χ3v) is 6.01.